The van der Waals surface area contributed by atoms with Crippen LogP contribution in [0.3, 0.4) is 0 Å². The normalized spacial score (nSPS) is 12.5. The molecule has 1 unspecified atom stereocenters. The fourth-order valence-electron chi connectivity index (χ4n) is 1.22. The summed E-state index contributed by atoms with van der Waals surface area (Å²) in [6.07, 6.45) is 1.22. The molecule has 3 heteroatoms. The van der Waals surface area contributed by atoms with E-state index in [1.807, 2.05) is 23.9 Å². The summed E-state index contributed by atoms with van der Waals surface area (Å²) in [6.45, 7) is 2.23. The number of thioether (sulfide) groups is 1. The van der Waals surface area contributed by atoms with Crippen LogP contribution in [0.1, 0.15) is 13.3 Å². The Morgan fingerprint density at radius 2 is 2.13 bits per heavy atom. The van der Waals surface area contributed by atoms with Crippen LogP contribution in [0.15, 0.2) is 29.2 Å². The standard InChI is InChI=1S/C12H17BrOS/c1-3-10(8-13)9-15-12-7-5-4-6-11(12)14-2/h4-7,10H,3,8-9H2,1-2H3. The van der Waals surface area contributed by atoms with Gasteiger partial charge >= 0.3 is 0 Å². The highest BCUT2D eigenvalue weighted by molar-refractivity contribution is 9.09. The Labute approximate surface area is 105 Å². The highest BCUT2D eigenvalue weighted by Gasteiger charge is 2.07. The minimum atomic E-state index is 0.736. The summed E-state index contributed by atoms with van der Waals surface area (Å²) in [4.78, 5) is 1.24. The van der Waals surface area contributed by atoms with Crippen molar-refractivity contribution in [3.63, 3.8) is 0 Å². The zero-order valence-corrected chi connectivity index (χ0v) is 11.6. The van der Waals surface area contributed by atoms with Crippen molar-refractivity contribution < 1.29 is 4.74 Å². The molecule has 0 heterocycles. The second-order valence-electron chi connectivity index (χ2n) is 3.39. The average Bonchev–Trinajstić information content (AvgIpc) is 2.31. The van der Waals surface area contributed by atoms with Crippen LogP contribution in [0.5, 0.6) is 5.75 Å². The number of ether oxygens (including phenoxy) is 1. The highest BCUT2D eigenvalue weighted by Crippen LogP contribution is 2.30. The van der Waals surface area contributed by atoms with Crippen LogP contribution >= 0.6 is 27.7 Å². The van der Waals surface area contributed by atoms with E-state index < -0.39 is 0 Å². The van der Waals surface area contributed by atoms with Gasteiger partial charge in [-0.2, -0.15) is 0 Å². The van der Waals surface area contributed by atoms with Gasteiger partial charge < -0.3 is 4.74 Å². The van der Waals surface area contributed by atoms with E-state index in [4.69, 9.17) is 4.74 Å². The largest absolute Gasteiger partial charge is 0.496 e. The van der Waals surface area contributed by atoms with Crippen molar-refractivity contribution >= 4 is 27.7 Å². The van der Waals surface area contributed by atoms with Gasteiger partial charge in [0.2, 0.25) is 0 Å². The first-order valence-electron chi connectivity index (χ1n) is 5.13. The number of halogens is 1. The van der Waals surface area contributed by atoms with Crippen molar-refractivity contribution in [1.82, 2.24) is 0 Å². The second-order valence-corrected chi connectivity index (χ2v) is 5.10. The molecule has 0 fully saturated rings. The van der Waals surface area contributed by atoms with Gasteiger partial charge in [0, 0.05) is 16.0 Å². The lowest BCUT2D eigenvalue weighted by Gasteiger charge is -2.12. The van der Waals surface area contributed by atoms with Crippen LogP contribution < -0.4 is 4.74 Å². The third-order valence-electron chi connectivity index (χ3n) is 2.34. The van der Waals surface area contributed by atoms with E-state index in [1.54, 1.807) is 7.11 Å². The number of rotatable bonds is 6. The monoisotopic (exact) mass is 288 g/mol. The van der Waals surface area contributed by atoms with Gasteiger partial charge in [-0.1, -0.05) is 41.4 Å². The van der Waals surface area contributed by atoms with Gasteiger partial charge in [-0.3, -0.25) is 0 Å². The molecule has 1 aromatic rings. The fourth-order valence-corrected chi connectivity index (χ4v) is 3.44. The summed E-state index contributed by atoms with van der Waals surface area (Å²) in [5.74, 6) is 2.86. The Morgan fingerprint density at radius 1 is 1.40 bits per heavy atom. The van der Waals surface area contributed by atoms with E-state index in [1.165, 1.54) is 11.3 Å². The zero-order chi connectivity index (χ0) is 11.1. The number of methoxy groups -OCH3 is 1. The van der Waals surface area contributed by atoms with Crippen LogP contribution in [0.25, 0.3) is 0 Å². The first-order chi connectivity index (χ1) is 7.31. The van der Waals surface area contributed by atoms with Gasteiger partial charge in [0.25, 0.3) is 0 Å². The molecule has 0 aliphatic heterocycles. The van der Waals surface area contributed by atoms with Crippen molar-refractivity contribution in [1.29, 1.82) is 0 Å². The quantitative estimate of drug-likeness (QED) is 0.573. The first-order valence-corrected chi connectivity index (χ1v) is 7.24. The summed E-state index contributed by atoms with van der Waals surface area (Å²) in [5, 5.41) is 1.08. The molecular formula is C12H17BrOS. The molecule has 0 saturated carbocycles. The molecule has 1 atom stereocenters. The Bertz CT molecular complexity index is 287. The lowest BCUT2D eigenvalue weighted by atomic mass is 10.2. The molecule has 1 nitrogen and oxygen atoms in total. The maximum Gasteiger partial charge on any atom is 0.132 e. The Kier molecular flexibility index (Phi) is 6.18. The molecule has 0 saturated heterocycles. The number of hydrogen-bond donors (Lipinski definition) is 0. The van der Waals surface area contributed by atoms with Gasteiger partial charge in [0.1, 0.15) is 5.75 Å². The number of alkyl halides is 1. The fraction of sp³-hybridized carbons (Fsp3) is 0.500. The molecule has 0 N–H and O–H groups in total. The molecule has 0 amide bonds. The van der Waals surface area contributed by atoms with Crippen molar-refractivity contribution in [3.8, 4) is 5.75 Å². The summed E-state index contributed by atoms with van der Waals surface area (Å²) in [7, 11) is 1.72. The van der Waals surface area contributed by atoms with Crippen molar-refractivity contribution in [2.75, 3.05) is 18.2 Å². The van der Waals surface area contributed by atoms with Crippen LogP contribution in [0.4, 0.5) is 0 Å². The van der Waals surface area contributed by atoms with Crippen LogP contribution in [0, 0.1) is 5.92 Å². The van der Waals surface area contributed by atoms with E-state index in [0.717, 1.165) is 22.8 Å². The Hall–Kier alpha value is -0.150. The second kappa shape index (κ2) is 7.18. The van der Waals surface area contributed by atoms with Crippen LogP contribution in [-0.2, 0) is 0 Å². The SMILES string of the molecule is CCC(CBr)CSc1ccccc1OC. The molecule has 0 aromatic heterocycles. The van der Waals surface area contributed by atoms with Gasteiger partial charge in [0.05, 0.1) is 7.11 Å². The lowest BCUT2D eigenvalue weighted by Crippen LogP contribution is -2.03. The molecule has 0 radical (unpaired) electrons. The van der Waals surface area contributed by atoms with E-state index >= 15 is 0 Å². The smallest absolute Gasteiger partial charge is 0.132 e. The van der Waals surface area contributed by atoms with E-state index in [0.29, 0.717) is 0 Å². The minimum Gasteiger partial charge on any atom is -0.496 e. The zero-order valence-electron chi connectivity index (χ0n) is 9.20. The minimum absolute atomic E-state index is 0.736. The van der Waals surface area contributed by atoms with Crippen molar-refractivity contribution in [2.24, 2.45) is 5.92 Å². The maximum absolute atomic E-state index is 5.31. The van der Waals surface area contributed by atoms with Crippen molar-refractivity contribution in [2.45, 2.75) is 18.2 Å². The van der Waals surface area contributed by atoms with Gasteiger partial charge in [-0.05, 0) is 18.1 Å². The Morgan fingerprint density at radius 3 is 2.73 bits per heavy atom. The molecule has 1 aromatic carbocycles. The number of hydrogen-bond acceptors (Lipinski definition) is 2. The molecule has 0 aliphatic rings. The predicted molar refractivity (Wildman–Crippen MR) is 71.3 cm³/mol. The summed E-state index contributed by atoms with van der Waals surface area (Å²) < 4.78 is 5.31. The Balaban J connectivity index is 2.56. The molecule has 0 bridgehead atoms. The number of para-hydroxylation sites is 1. The third kappa shape index (κ3) is 4.07. The summed E-state index contributed by atoms with van der Waals surface area (Å²) >= 11 is 5.41. The van der Waals surface area contributed by atoms with E-state index in [2.05, 4.69) is 35.0 Å². The summed E-state index contributed by atoms with van der Waals surface area (Å²) in [5.41, 5.74) is 0. The van der Waals surface area contributed by atoms with Gasteiger partial charge in [-0.15, -0.1) is 11.8 Å². The average molecular weight is 289 g/mol. The first kappa shape index (κ1) is 12.9. The molecular weight excluding hydrogens is 272 g/mol. The summed E-state index contributed by atoms with van der Waals surface area (Å²) in [6, 6.07) is 8.19. The van der Waals surface area contributed by atoms with Crippen molar-refractivity contribution in [3.05, 3.63) is 24.3 Å². The van der Waals surface area contributed by atoms with Gasteiger partial charge in [-0.25, -0.2) is 0 Å². The molecule has 1 rings (SSSR count). The van der Waals surface area contributed by atoms with Crippen LogP contribution in [-0.4, -0.2) is 18.2 Å². The van der Waals surface area contributed by atoms with Gasteiger partial charge in [0.15, 0.2) is 0 Å². The van der Waals surface area contributed by atoms with Crippen LogP contribution in [0.2, 0.25) is 0 Å². The molecule has 0 spiro atoms. The number of benzene rings is 1. The lowest BCUT2D eigenvalue weighted by molar-refractivity contribution is 0.405. The maximum atomic E-state index is 5.31. The molecule has 84 valence electrons. The molecule has 0 aliphatic carbocycles. The van der Waals surface area contributed by atoms with E-state index in [-0.39, 0.29) is 0 Å². The predicted octanol–water partition coefficient (Wildman–Crippen LogP) is 4.21. The highest BCUT2D eigenvalue weighted by atomic mass is 79.9. The third-order valence-corrected chi connectivity index (χ3v) is 4.54. The van der Waals surface area contributed by atoms with E-state index in [9.17, 15) is 0 Å². The molecule has 15 heavy (non-hydrogen) atoms. The topological polar surface area (TPSA) is 9.23 Å².